The molecule has 1 rings (SSSR count). The van der Waals surface area contributed by atoms with E-state index in [0.29, 0.717) is 5.92 Å². The lowest BCUT2D eigenvalue weighted by Gasteiger charge is -2.36. The van der Waals surface area contributed by atoms with Crippen LogP contribution in [0.5, 0.6) is 5.75 Å². The third kappa shape index (κ3) is 4.76. The summed E-state index contributed by atoms with van der Waals surface area (Å²) < 4.78 is 6.06. The van der Waals surface area contributed by atoms with Gasteiger partial charge in [-0.3, -0.25) is 4.79 Å². The first-order valence-corrected chi connectivity index (χ1v) is 7.77. The van der Waals surface area contributed by atoms with Crippen molar-refractivity contribution in [3.8, 4) is 5.75 Å². The lowest BCUT2D eigenvalue weighted by atomic mass is 9.90. The molecule has 0 aromatic heterocycles. The largest absolute Gasteiger partial charge is 0.477 e. The quantitative estimate of drug-likeness (QED) is 0.760. The summed E-state index contributed by atoms with van der Waals surface area (Å²) in [5, 5.41) is 0. The molecule has 3 nitrogen and oxygen atoms in total. The van der Waals surface area contributed by atoms with Gasteiger partial charge in [0.25, 0.3) is 5.91 Å². The summed E-state index contributed by atoms with van der Waals surface area (Å²) in [5.74, 6) is 1.45. The van der Waals surface area contributed by atoms with Crippen molar-refractivity contribution in [3.63, 3.8) is 0 Å². The van der Waals surface area contributed by atoms with Gasteiger partial charge in [-0.15, -0.1) is 0 Å². The molecule has 0 spiro atoms. The molecule has 1 unspecified atom stereocenters. The van der Waals surface area contributed by atoms with Crippen molar-refractivity contribution in [2.24, 2.45) is 11.8 Å². The molecule has 0 N–H and O–H groups in total. The van der Waals surface area contributed by atoms with Crippen LogP contribution in [-0.2, 0) is 4.79 Å². The number of amides is 1. The molecule has 3 heteroatoms. The van der Waals surface area contributed by atoms with E-state index in [1.807, 2.05) is 58.2 Å². The number of nitrogens with zero attached hydrogens (tertiary/aromatic N) is 1. The molecule has 0 fully saturated rings. The first kappa shape index (κ1) is 17.5. The molecule has 1 aromatic rings. The standard InChI is InChI=1S/C18H29NO2/c1-14(2)12-13-19(6)17(20)18(5,15(3)4)21-16-10-8-7-9-11-16/h7-11,14-15H,12-13H2,1-6H3. The predicted molar refractivity (Wildman–Crippen MR) is 87.4 cm³/mol. The zero-order chi connectivity index (χ0) is 16.0. The van der Waals surface area contributed by atoms with E-state index in [0.717, 1.165) is 18.7 Å². The van der Waals surface area contributed by atoms with Gasteiger partial charge >= 0.3 is 0 Å². The summed E-state index contributed by atoms with van der Waals surface area (Å²) in [5.41, 5.74) is -0.840. The summed E-state index contributed by atoms with van der Waals surface area (Å²) in [7, 11) is 1.86. The van der Waals surface area contributed by atoms with Gasteiger partial charge in [0.2, 0.25) is 0 Å². The van der Waals surface area contributed by atoms with Crippen molar-refractivity contribution in [3.05, 3.63) is 30.3 Å². The van der Waals surface area contributed by atoms with E-state index in [1.54, 1.807) is 4.90 Å². The minimum Gasteiger partial charge on any atom is -0.477 e. The van der Waals surface area contributed by atoms with Crippen LogP contribution in [-0.4, -0.2) is 30.0 Å². The summed E-state index contributed by atoms with van der Waals surface area (Å²) in [6.07, 6.45) is 1.00. The number of para-hydroxylation sites is 1. The van der Waals surface area contributed by atoms with Crippen LogP contribution in [0.3, 0.4) is 0 Å². The molecular weight excluding hydrogens is 262 g/mol. The van der Waals surface area contributed by atoms with Gasteiger partial charge in [-0.25, -0.2) is 0 Å². The van der Waals surface area contributed by atoms with Crippen LogP contribution in [0, 0.1) is 11.8 Å². The summed E-state index contributed by atoms with van der Waals surface area (Å²) >= 11 is 0. The fourth-order valence-corrected chi connectivity index (χ4v) is 2.07. The van der Waals surface area contributed by atoms with E-state index in [1.165, 1.54) is 0 Å². The Morgan fingerprint density at radius 2 is 1.76 bits per heavy atom. The first-order chi connectivity index (χ1) is 9.77. The molecule has 0 saturated heterocycles. The minimum absolute atomic E-state index is 0.0435. The fourth-order valence-electron chi connectivity index (χ4n) is 2.07. The average Bonchev–Trinajstić information content (AvgIpc) is 2.44. The first-order valence-electron chi connectivity index (χ1n) is 7.77. The van der Waals surface area contributed by atoms with Crippen molar-refractivity contribution >= 4 is 5.91 Å². The third-order valence-corrected chi connectivity index (χ3v) is 3.99. The molecule has 0 aliphatic carbocycles. The number of rotatable bonds is 7. The Balaban J connectivity index is 2.86. The molecule has 0 radical (unpaired) electrons. The van der Waals surface area contributed by atoms with Gasteiger partial charge in [0, 0.05) is 19.5 Å². The number of carbonyl (C=O) groups is 1. The SMILES string of the molecule is CC(C)CCN(C)C(=O)C(C)(Oc1ccccc1)C(C)C. The van der Waals surface area contributed by atoms with Crippen LogP contribution in [0.2, 0.25) is 0 Å². The summed E-state index contributed by atoms with van der Waals surface area (Å²) in [6.45, 7) is 11.0. The van der Waals surface area contributed by atoms with Crippen LogP contribution in [0.4, 0.5) is 0 Å². The van der Waals surface area contributed by atoms with Gasteiger partial charge in [-0.1, -0.05) is 45.9 Å². The number of ether oxygens (including phenoxy) is 1. The van der Waals surface area contributed by atoms with E-state index < -0.39 is 5.60 Å². The monoisotopic (exact) mass is 291 g/mol. The van der Waals surface area contributed by atoms with Crippen LogP contribution in [0.15, 0.2) is 30.3 Å². The van der Waals surface area contributed by atoms with Crippen LogP contribution in [0.25, 0.3) is 0 Å². The van der Waals surface area contributed by atoms with E-state index in [2.05, 4.69) is 13.8 Å². The van der Waals surface area contributed by atoms with Crippen LogP contribution in [0.1, 0.15) is 41.0 Å². The van der Waals surface area contributed by atoms with Gasteiger partial charge in [0.15, 0.2) is 5.60 Å². The molecule has 21 heavy (non-hydrogen) atoms. The topological polar surface area (TPSA) is 29.5 Å². The Morgan fingerprint density at radius 1 is 1.19 bits per heavy atom. The van der Waals surface area contributed by atoms with Gasteiger partial charge in [-0.2, -0.15) is 0 Å². The Bertz CT molecular complexity index is 442. The lowest BCUT2D eigenvalue weighted by Crippen LogP contribution is -2.53. The average molecular weight is 291 g/mol. The molecule has 0 saturated carbocycles. The maximum absolute atomic E-state index is 12.8. The Hall–Kier alpha value is -1.51. The second kappa shape index (κ2) is 7.48. The molecular formula is C18H29NO2. The number of benzene rings is 1. The molecule has 1 atom stereocenters. The number of carbonyl (C=O) groups excluding carboxylic acids is 1. The van der Waals surface area contributed by atoms with Crippen molar-refractivity contribution < 1.29 is 9.53 Å². The smallest absolute Gasteiger partial charge is 0.266 e. The Morgan fingerprint density at radius 3 is 2.24 bits per heavy atom. The van der Waals surface area contributed by atoms with E-state index in [-0.39, 0.29) is 11.8 Å². The number of hydrogen-bond acceptors (Lipinski definition) is 2. The number of hydrogen-bond donors (Lipinski definition) is 0. The van der Waals surface area contributed by atoms with Crippen LogP contribution >= 0.6 is 0 Å². The van der Waals surface area contributed by atoms with E-state index >= 15 is 0 Å². The highest BCUT2D eigenvalue weighted by atomic mass is 16.5. The summed E-state index contributed by atoms with van der Waals surface area (Å²) in [4.78, 5) is 14.6. The maximum Gasteiger partial charge on any atom is 0.266 e. The second-order valence-electron chi connectivity index (χ2n) is 6.59. The maximum atomic E-state index is 12.8. The second-order valence-corrected chi connectivity index (χ2v) is 6.59. The molecule has 0 aliphatic rings. The van der Waals surface area contributed by atoms with Crippen molar-refractivity contribution in [2.75, 3.05) is 13.6 Å². The van der Waals surface area contributed by atoms with Crippen molar-refractivity contribution in [1.29, 1.82) is 0 Å². The molecule has 1 aromatic carbocycles. The van der Waals surface area contributed by atoms with Crippen LogP contribution < -0.4 is 4.74 Å². The van der Waals surface area contributed by atoms with Crippen molar-refractivity contribution in [2.45, 2.75) is 46.6 Å². The molecule has 0 heterocycles. The lowest BCUT2D eigenvalue weighted by molar-refractivity contribution is -0.149. The highest BCUT2D eigenvalue weighted by Crippen LogP contribution is 2.27. The zero-order valence-corrected chi connectivity index (χ0v) is 14.2. The predicted octanol–water partition coefficient (Wildman–Crippen LogP) is 3.98. The van der Waals surface area contributed by atoms with Gasteiger partial charge < -0.3 is 9.64 Å². The highest BCUT2D eigenvalue weighted by molar-refractivity contribution is 5.85. The zero-order valence-electron chi connectivity index (χ0n) is 14.2. The Kier molecular flexibility index (Phi) is 6.25. The Labute approximate surface area is 129 Å². The van der Waals surface area contributed by atoms with E-state index in [9.17, 15) is 4.79 Å². The molecule has 1 amide bonds. The highest BCUT2D eigenvalue weighted by Gasteiger charge is 2.41. The summed E-state index contributed by atoms with van der Waals surface area (Å²) in [6, 6.07) is 9.56. The minimum atomic E-state index is -0.840. The van der Waals surface area contributed by atoms with Crippen molar-refractivity contribution in [1.82, 2.24) is 4.90 Å². The van der Waals surface area contributed by atoms with Gasteiger partial charge in [0.1, 0.15) is 5.75 Å². The molecule has 0 bridgehead atoms. The van der Waals surface area contributed by atoms with E-state index in [4.69, 9.17) is 4.74 Å². The number of likely N-dealkylation sites (N-methyl/N-ethyl adjacent to an activating group) is 1. The van der Waals surface area contributed by atoms with Gasteiger partial charge in [0.05, 0.1) is 0 Å². The molecule has 118 valence electrons. The normalized spacial score (nSPS) is 14.1. The molecule has 0 aliphatic heterocycles. The van der Waals surface area contributed by atoms with Gasteiger partial charge in [-0.05, 0) is 31.4 Å². The third-order valence-electron chi connectivity index (χ3n) is 3.99. The fraction of sp³-hybridized carbons (Fsp3) is 0.611.